The normalized spacial score (nSPS) is 11.2. The fraction of sp³-hybridized carbons (Fsp3) is 0.235. The predicted molar refractivity (Wildman–Crippen MR) is 101 cm³/mol. The van der Waals surface area contributed by atoms with Crippen LogP contribution in [0.4, 0.5) is 11.4 Å². The number of anilines is 1. The van der Waals surface area contributed by atoms with Crippen molar-refractivity contribution in [3.8, 4) is 0 Å². The molecule has 2 aromatic carbocycles. The third-order valence-electron chi connectivity index (χ3n) is 3.79. The topological polar surface area (TPSA) is 136 Å². The number of benzene rings is 2. The third-order valence-corrected chi connectivity index (χ3v) is 5.27. The molecule has 0 atom stereocenters. The Morgan fingerprint density at radius 2 is 1.81 bits per heavy atom. The van der Waals surface area contributed by atoms with Crippen LogP contribution in [0.25, 0.3) is 0 Å². The number of nitro groups is 1. The molecule has 0 aliphatic heterocycles. The molecule has 0 heterocycles. The SMILES string of the molecule is CCCCNS(=O)(=O)c1ccc(C(=O)N(N)c2ccccc2[N+](=O)[O-])cc1. The van der Waals surface area contributed by atoms with Crippen molar-refractivity contribution in [2.75, 3.05) is 11.6 Å². The molecule has 27 heavy (non-hydrogen) atoms. The Hall–Kier alpha value is -2.82. The van der Waals surface area contributed by atoms with Crippen molar-refractivity contribution >= 4 is 27.3 Å². The zero-order valence-corrected chi connectivity index (χ0v) is 15.5. The molecule has 0 bridgehead atoms. The van der Waals surface area contributed by atoms with Gasteiger partial charge in [-0.3, -0.25) is 14.9 Å². The van der Waals surface area contributed by atoms with Gasteiger partial charge in [-0.25, -0.2) is 24.0 Å². The van der Waals surface area contributed by atoms with Crippen molar-refractivity contribution in [1.29, 1.82) is 0 Å². The maximum atomic E-state index is 12.5. The predicted octanol–water partition coefficient (Wildman–Crippen LogP) is 2.19. The highest BCUT2D eigenvalue weighted by molar-refractivity contribution is 7.89. The van der Waals surface area contributed by atoms with Crippen LogP contribution in [0.1, 0.15) is 30.1 Å². The molecule has 0 spiro atoms. The Labute approximate surface area is 157 Å². The molecule has 0 aliphatic carbocycles. The van der Waals surface area contributed by atoms with E-state index in [0.29, 0.717) is 18.0 Å². The number of carbonyl (C=O) groups excluding carboxylic acids is 1. The summed E-state index contributed by atoms with van der Waals surface area (Å²) in [7, 11) is -3.66. The number of hydrazine groups is 1. The van der Waals surface area contributed by atoms with Crippen LogP contribution in [0.2, 0.25) is 0 Å². The summed E-state index contributed by atoms with van der Waals surface area (Å²) in [5.74, 6) is 5.06. The molecule has 0 aliphatic rings. The van der Waals surface area contributed by atoms with Crippen LogP contribution in [-0.2, 0) is 10.0 Å². The molecule has 10 heteroatoms. The standard InChI is InChI=1S/C17H20N4O5S/c1-2-3-12-19-27(25,26)14-10-8-13(9-11-14)17(22)20(18)15-6-4-5-7-16(15)21(23)24/h4-11,19H,2-3,12,18H2,1H3. The smallest absolute Gasteiger partial charge is 0.267 e. The summed E-state index contributed by atoms with van der Waals surface area (Å²) in [5, 5.41) is 11.8. The first-order chi connectivity index (χ1) is 12.8. The number of amides is 1. The molecule has 0 aromatic heterocycles. The van der Waals surface area contributed by atoms with E-state index in [9.17, 15) is 23.3 Å². The van der Waals surface area contributed by atoms with Gasteiger partial charge in [0.05, 0.1) is 9.82 Å². The first kappa shape index (κ1) is 20.5. The average Bonchev–Trinajstić information content (AvgIpc) is 2.67. The summed E-state index contributed by atoms with van der Waals surface area (Å²) in [6.45, 7) is 2.28. The number of sulfonamides is 1. The fourth-order valence-electron chi connectivity index (χ4n) is 2.31. The molecule has 2 rings (SSSR count). The van der Waals surface area contributed by atoms with E-state index in [1.807, 2.05) is 6.92 Å². The molecule has 0 radical (unpaired) electrons. The molecule has 144 valence electrons. The van der Waals surface area contributed by atoms with Gasteiger partial charge in [-0.2, -0.15) is 0 Å². The first-order valence-electron chi connectivity index (χ1n) is 8.20. The van der Waals surface area contributed by atoms with Gasteiger partial charge in [0.1, 0.15) is 5.69 Å². The van der Waals surface area contributed by atoms with Gasteiger partial charge in [-0.15, -0.1) is 0 Å². The molecule has 2 aromatic rings. The van der Waals surface area contributed by atoms with Gasteiger partial charge in [0.15, 0.2) is 0 Å². The lowest BCUT2D eigenvalue weighted by atomic mass is 10.2. The number of hydrogen-bond donors (Lipinski definition) is 2. The van der Waals surface area contributed by atoms with Crippen LogP contribution in [-0.4, -0.2) is 25.8 Å². The van der Waals surface area contributed by atoms with Crippen LogP contribution in [0.15, 0.2) is 53.4 Å². The van der Waals surface area contributed by atoms with Gasteiger partial charge in [-0.1, -0.05) is 25.5 Å². The second kappa shape index (κ2) is 8.71. The lowest BCUT2D eigenvalue weighted by molar-refractivity contribution is -0.384. The maximum absolute atomic E-state index is 12.5. The van der Waals surface area contributed by atoms with Gasteiger partial charge < -0.3 is 0 Å². The summed E-state index contributed by atoms with van der Waals surface area (Å²) in [6, 6.07) is 10.8. The lowest BCUT2D eigenvalue weighted by Crippen LogP contribution is -2.38. The monoisotopic (exact) mass is 392 g/mol. The number of hydrogen-bond acceptors (Lipinski definition) is 6. The second-order valence-electron chi connectivity index (χ2n) is 5.70. The van der Waals surface area contributed by atoms with Crippen molar-refractivity contribution in [3.05, 3.63) is 64.2 Å². The minimum absolute atomic E-state index is 0.0180. The van der Waals surface area contributed by atoms with E-state index < -0.39 is 20.9 Å². The molecule has 9 nitrogen and oxygen atoms in total. The van der Waals surface area contributed by atoms with E-state index in [1.165, 1.54) is 48.5 Å². The molecular formula is C17H20N4O5S. The summed E-state index contributed by atoms with van der Waals surface area (Å²) >= 11 is 0. The zero-order valence-electron chi connectivity index (χ0n) is 14.7. The Morgan fingerprint density at radius 3 is 2.41 bits per heavy atom. The minimum Gasteiger partial charge on any atom is -0.267 e. The van der Waals surface area contributed by atoms with Crippen LogP contribution in [0.5, 0.6) is 0 Å². The summed E-state index contributed by atoms with van der Waals surface area (Å²) in [4.78, 5) is 23.0. The van der Waals surface area contributed by atoms with Crippen molar-refractivity contribution in [2.24, 2.45) is 5.84 Å². The quantitative estimate of drug-likeness (QED) is 0.232. The number of carbonyl (C=O) groups is 1. The number of nitrogens with zero attached hydrogens (tertiary/aromatic N) is 2. The Morgan fingerprint density at radius 1 is 1.19 bits per heavy atom. The molecule has 0 saturated carbocycles. The molecular weight excluding hydrogens is 372 g/mol. The van der Waals surface area contributed by atoms with E-state index in [0.717, 1.165) is 6.42 Å². The Bertz CT molecular complexity index is 929. The fourth-order valence-corrected chi connectivity index (χ4v) is 3.39. The first-order valence-corrected chi connectivity index (χ1v) is 9.68. The highest BCUT2D eigenvalue weighted by Gasteiger charge is 2.23. The van der Waals surface area contributed by atoms with Crippen LogP contribution >= 0.6 is 0 Å². The largest absolute Gasteiger partial charge is 0.294 e. The molecule has 0 saturated heterocycles. The van der Waals surface area contributed by atoms with Gasteiger partial charge in [0.2, 0.25) is 10.0 Å². The van der Waals surface area contributed by atoms with Crippen molar-refractivity contribution < 1.29 is 18.1 Å². The lowest BCUT2D eigenvalue weighted by Gasteiger charge is -2.16. The van der Waals surface area contributed by atoms with Crippen molar-refractivity contribution in [2.45, 2.75) is 24.7 Å². The number of unbranched alkanes of at least 4 members (excludes halogenated alkanes) is 1. The molecule has 0 unspecified atom stereocenters. The Kier molecular flexibility index (Phi) is 6.61. The number of rotatable bonds is 8. The van der Waals surface area contributed by atoms with E-state index in [1.54, 1.807) is 0 Å². The number of nitrogens with two attached hydrogens (primary N) is 1. The van der Waals surface area contributed by atoms with Gasteiger partial charge in [0, 0.05) is 18.2 Å². The summed E-state index contributed by atoms with van der Waals surface area (Å²) < 4.78 is 26.8. The molecule has 0 fully saturated rings. The van der Waals surface area contributed by atoms with Crippen LogP contribution in [0, 0.1) is 10.1 Å². The van der Waals surface area contributed by atoms with Crippen molar-refractivity contribution in [1.82, 2.24) is 4.72 Å². The minimum atomic E-state index is -3.66. The van der Waals surface area contributed by atoms with Crippen LogP contribution in [0.3, 0.4) is 0 Å². The van der Waals surface area contributed by atoms with E-state index in [2.05, 4.69) is 4.72 Å². The van der Waals surface area contributed by atoms with Crippen LogP contribution < -0.4 is 15.6 Å². The number of nitrogens with one attached hydrogen (secondary N) is 1. The maximum Gasteiger partial charge on any atom is 0.294 e. The summed E-state index contributed by atoms with van der Waals surface area (Å²) in [6.07, 6.45) is 1.57. The zero-order chi connectivity index (χ0) is 20.0. The van der Waals surface area contributed by atoms with E-state index in [4.69, 9.17) is 5.84 Å². The molecule has 1 amide bonds. The highest BCUT2D eigenvalue weighted by atomic mass is 32.2. The number of nitro benzene ring substituents is 1. The van der Waals surface area contributed by atoms with Crippen molar-refractivity contribution in [3.63, 3.8) is 0 Å². The van der Waals surface area contributed by atoms with Gasteiger partial charge in [0.25, 0.3) is 11.6 Å². The molecule has 3 N–H and O–H groups in total. The van der Waals surface area contributed by atoms with Gasteiger partial charge >= 0.3 is 0 Å². The van der Waals surface area contributed by atoms with Gasteiger partial charge in [-0.05, 0) is 36.8 Å². The average molecular weight is 392 g/mol. The highest BCUT2D eigenvalue weighted by Crippen LogP contribution is 2.26. The van der Waals surface area contributed by atoms with E-state index in [-0.39, 0.29) is 21.8 Å². The Balaban J connectivity index is 2.22. The van der Waals surface area contributed by atoms with E-state index >= 15 is 0 Å². The second-order valence-corrected chi connectivity index (χ2v) is 7.46. The summed E-state index contributed by atoms with van der Waals surface area (Å²) in [5.41, 5.74) is -0.277. The number of para-hydroxylation sites is 2. The third kappa shape index (κ3) is 4.88.